The molecule has 0 aromatic rings. The summed E-state index contributed by atoms with van der Waals surface area (Å²) in [5.41, 5.74) is 0.322. The smallest absolute Gasteiger partial charge is 0.261 e. The van der Waals surface area contributed by atoms with Crippen molar-refractivity contribution in [2.75, 3.05) is 19.6 Å². The molecular formula is C11H21F2N. The van der Waals surface area contributed by atoms with Crippen LogP contribution in [0.2, 0.25) is 0 Å². The summed E-state index contributed by atoms with van der Waals surface area (Å²) in [5, 5.41) is 0. The van der Waals surface area contributed by atoms with Crippen LogP contribution in [-0.4, -0.2) is 30.5 Å². The highest BCUT2D eigenvalue weighted by molar-refractivity contribution is 4.81. The molecule has 0 saturated carbocycles. The Kier molecular flexibility index (Phi) is 3.51. The van der Waals surface area contributed by atoms with Crippen molar-refractivity contribution >= 4 is 0 Å². The maximum absolute atomic E-state index is 12.8. The topological polar surface area (TPSA) is 3.24 Å². The Morgan fingerprint density at radius 3 is 2.36 bits per heavy atom. The Morgan fingerprint density at radius 1 is 1.29 bits per heavy atom. The molecule has 3 heteroatoms. The lowest BCUT2D eigenvalue weighted by Crippen LogP contribution is -2.26. The fourth-order valence-corrected chi connectivity index (χ4v) is 1.83. The molecule has 0 unspecified atom stereocenters. The standard InChI is InChI=1S/C11H21F2N/c1-10(2,3)5-4-7-14-8-6-11(12,13)9-14/h4-9H2,1-3H3. The largest absolute Gasteiger partial charge is 0.297 e. The number of rotatable bonds is 3. The minimum absolute atomic E-state index is 0.0306. The zero-order valence-corrected chi connectivity index (χ0v) is 9.45. The van der Waals surface area contributed by atoms with Gasteiger partial charge in [-0.15, -0.1) is 0 Å². The second kappa shape index (κ2) is 4.13. The van der Waals surface area contributed by atoms with Gasteiger partial charge in [0, 0.05) is 13.0 Å². The SMILES string of the molecule is CC(C)(C)CCCN1CCC(F)(F)C1. The van der Waals surface area contributed by atoms with Gasteiger partial charge in [-0.3, -0.25) is 4.90 Å². The van der Waals surface area contributed by atoms with Crippen molar-refractivity contribution in [2.45, 2.75) is 46.0 Å². The highest BCUT2D eigenvalue weighted by atomic mass is 19.3. The molecule has 1 aliphatic heterocycles. The molecule has 0 aromatic heterocycles. The van der Waals surface area contributed by atoms with Gasteiger partial charge in [0.25, 0.3) is 5.92 Å². The van der Waals surface area contributed by atoms with Crippen LogP contribution in [0.3, 0.4) is 0 Å². The highest BCUT2D eigenvalue weighted by Crippen LogP contribution is 2.27. The number of likely N-dealkylation sites (tertiary alicyclic amines) is 1. The van der Waals surface area contributed by atoms with Crippen molar-refractivity contribution in [1.82, 2.24) is 4.90 Å². The predicted molar refractivity (Wildman–Crippen MR) is 54.7 cm³/mol. The molecule has 0 atom stereocenters. The first kappa shape index (κ1) is 11.9. The van der Waals surface area contributed by atoms with Crippen molar-refractivity contribution in [3.63, 3.8) is 0 Å². The van der Waals surface area contributed by atoms with E-state index in [1.165, 1.54) is 0 Å². The van der Waals surface area contributed by atoms with Crippen LogP contribution in [-0.2, 0) is 0 Å². The summed E-state index contributed by atoms with van der Waals surface area (Å²) in [7, 11) is 0. The number of nitrogens with zero attached hydrogens (tertiary/aromatic N) is 1. The molecule has 1 heterocycles. The maximum atomic E-state index is 12.8. The Bertz CT molecular complexity index is 184. The first-order chi connectivity index (χ1) is 6.29. The van der Waals surface area contributed by atoms with Crippen LogP contribution < -0.4 is 0 Å². The summed E-state index contributed by atoms with van der Waals surface area (Å²) in [6, 6.07) is 0. The van der Waals surface area contributed by atoms with Crippen molar-refractivity contribution < 1.29 is 8.78 Å². The van der Waals surface area contributed by atoms with Crippen molar-refractivity contribution in [3.05, 3.63) is 0 Å². The van der Waals surface area contributed by atoms with Crippen LogP contribution in [0.5, 0.6) is 0 Å². The summed E-state index contributed by atoms with van der Waals surface area (Å²) < 4.78 is 25.6. The van der Waals surface area contributed by atoms with Crippen LogP contribution in [0.1, 0.15) is 40.0 Å². The molecule has 0 aliphatic carbocycles. The summed E-state index contributed by atoms with van der Waals surface area (Å²) in [6.45, 7) is 7.92. The Hall–Kier alpha value is -0.180. The second-order valence-corrected chi connectivity index (χ2v) is 5.55. The zero-order valence-electron chi connectivity index (χ0n) is 9.45. The van der Waals surface area contributed by atoms with Crippen LogP contribution in [0.15, 0.2) is 0 Å². The molecule has 1 saturated heterocycles. The molecule has 0 amide bonds. The van der Waals surface area contributed by atoms with E-state index in [1.54, 1.807) is 0 Å². The predicted octanol–water partition coefficient (Wildman–Crippen LogP) is 3.15. The van der Waals surface area contributed by atoms with E-state index in [0.717, 1.165) is 19.4 Å². The fourth-order valence-electron chi connectivity index (χ4n) is 1.83. The van der Waals surface area contributed by atoms with E-state index in [4.69, 9.17) is 0 Å². The normalized spacial score (nSPS) is 22.9. The summed E-state index contributed by atoms with van der Waals surface area (Å²) in [6.07, 6.45) is 2.18. The van der Waals surface area contributed by atoms with Gasteiger partial charge in [-0.05, 0) is 24.8 Å². The summed E-state index contributed by atoms with van der Waals surface area (Å²) in [5.74, 6) is -2.43. The van der Waals surface area contributed by atoms with Gasteiger partial charge in [-0.2, -0.15) is 0 Å². The van der Waals surface area contributed by atoms with Crippen LogP contribution in [0, 0.1) is 5.41 Å². The Labute approximate surface area is 85.5 Å². The molecule has 1 rings (SSSR count). The van der Waals surface area contributed by atoms with Gasteiger partial charge in [0.05, 0.1) is 6.54 Å². The molecule has 1 aliphatic rings. The number of hydrogen-bond acceptors (Lipinski definition) is 1. The molecular weight excluding hydrogens is 184 g/mol. The van der Waals surface area contributed by atoms with Gasteiger partial charge in [0.2, 0.25) is 0 Å². The Morgan fingerprint density at radius 2 is 1.93 bits per heavy atom. The van der Waals surface area contributed by atoms with Crippen molar-refractivity contribution in [1.29, 1.82) is 0 Å². The third-order valence-corrected chi connectivity index (χ3v) is 2.65. The van der Waals surface area contributed by atoms with Gasteiger partial charge in [0.15, 0.2) is 0 Å². The van der Waals surface area contributed by atoms with E-state index >= 15 is 0 Å². The van der Waals surface area contributed by atoms with E-state index in [0.29, 0.717) is 12.0 Å². The van der Waals surface area contributed by atoms with Gasteiger partial charge >= 0.3 is 0 Å². The van der Waals surface area contributed by atoms with E-state index in [2.05, 4.69) is 20.8 Å². The molecule has 1 nitrogen and oxygen atoms in total. The first-order valence-corrected chi connectivity index (χ1v) is 5.39. The Balaban J connectivity index is 2.15. The first-order valence-electron chi connectivity index (χ1n) is 5.39. The van der Waals surface area contributed by atoms with E-state index in [1.807, 2.05) is 4.90 Å². The van der Waals surface area contributed by atoms with Gasteiger partial charge < -0.3 is 0 Å². The average Bonchev–Trinajstić information content (AvgIpc) is 2.27. The lowest BCUT2D eigenvalue weighted by molar-refractivity contribution is 0.0120. The minimum Gasteiger partial charge on any atom is -0.297 e. The summed E-state index contributed by atoms with van der Waals surface area (Å²) in [4.78, 5) is 1.88. The fraction of sp³-hybridized carbons (Fsp3) is 1.00. The minimum atomic E-state index is -2.43. The molecule has 0 N–H and O–H groups in total. The molecule has 0 spiro atoms. The quantitative estimate of drug-likeness (QED) is 0.684. The average molecular weight is 205 g/mol. The van der Waals surface area contributed by atoms with Crippen molar-refractivity contribution in [3.8, 4) is 0 Å². The lowest BCUT2D eigenvalue weighted by Gasteiger charge is -2.20. The molecule has 0 aromatic carbocycles. The zero-order chi connectivity index (χ0) is 10.8. The van der Waals surface area contributed by atoms with E-state index in [-0.39, 0.29) is 13.0 Å². The lowest BCUT2D eigenvalue weighted by atomic mass is 9.90. The van der Waals surface area contributed by atoms with E-state index < -0.39 is 5.92 Å². The monoisotopic (exact) mass is 205 g/mol. The number of hydrogen-bond donors (Lipinski definition) is 0. The highest BCUT2D eigenvalue weighted by Gasteiger charge is 2.37. The third-order valence-electron chi connectivity index (χ3n) is 2.65. The van der Waals surface area contributed by atoms with Gasteiger partial charge in [-0.1, -0.05) is 20.8 Å². The van der Waals surface area contributed by atoms with Crippen molar-refractivity contribution in [2.24, 2.45) is 5.41 Å². The number of halogens is 2. The van der Waals surface area contributed by atoms with Crippen LogP contribution in [0.4, 0.5) is 8.78 Å². The number of alkyl halides is 2. The van der Waals surface area contributed by atoms with Gasteiger partial charge in [-0.25, -0.2) is 8.78 Å². The van der Waals surface area contributed by atoms with Crippen LogP contribution in [0.25, 0.3) is 0 Å². The van der Waals surface area contributed by atoms with Gasteiger partial charge in [0.1, 0.15) is 0 Å². The third kappa shape index (κ3) is 4.36. The maximum Gasteiger partial charge on any atom is 0.261 e. The molecule has 84 valence electrons. The molecule has 14 heavy (non-hydrogen) atoms. The second-order valence-electron chi connectivity index (χ2n) is 5.55. The van der Waals surface area contributed by atoms with E-state index in [9.17, 15) is 8.78 Å². The summed E-state index contributed by atoms with van der Waals surface area (Å²) >= 11 is 0. The molecule has 0 bridgehead atoms. The van der Waals surface area contributed by atoms with Crippen LogP contribution >= 0.6 is 0 Å². The molecule has 0 radical (unpaired) electrons. The molecule has 1 fully saturated rings.